The van der Waals surface area contributed by atoms with Crippen LogP contribution in [0.4, 0.5) is 4.39 Å². The van der Waals surface area contributed by atoms with E-state index >= 15 is 0 Å². The zero-order valence-electron chi connectivity index (χ0n) is 9.38. The molecule has 0 amide bonds. The van der Waals surface area contributed by atoms with Crippen LogP contribution in [0, 0.1) is 5.82 Å². The highest BCUT2D eigenvalue weighted by atomic mass is 19.1. The maximum absolute atomic E-state index is 13.6. The van der Waals surface area contributed by atoms with Crippen molar-refractivity contribution in [3.63, 3.8) is 0 Å². The minimum atomic E-state index is -1.11. The fraction of sp³-hybridized carbons (Fsp3) is 0.500. The van der Waals surface area contributed by atoms with Gasteiger partial charge >= 0.3 is 0 Å². The van der Waals surface area contributed by atoms with Crippen LogP contribution in [0.25, 0.3) is 0 Å². The fourth-order valence-corrected chi connectivity index (χ4v) is 1.68. The summed E-state index contributed by atoms with van der Waals surface area (Å²) in [5, 5.41) is 10.0. The number of hydrogen-bond donors (Lipinski definition) is 1. The van der Waals surface area contributed by atoms with Crippen LogP contribution >= 0.6 is 0 Å². The lowest BCUT2D eigenvalue weighted by molar-refractivity contribution is 0.0432. The molecule has 0 aliphatic carbocycles. The Morgan fingerprint density at radius 3 is 2.60 bits per heavy atom. The van der Waals surface area contributed by atoms with Gasteiger partial charge in [0.15, 0.2) is 0 Å². The number of ether oxygens (including phenoxy) is 1. The lowest BCUT2D eigenvalue weighted by atomic mass is 9.91. The van der Waals surface area contributed by atoms with Gasteiger partial charge in [-0.15, -0.1) is 0 Å². The fourth-order valence-electron chi connectivity index (χ4n) is 1.68. The highest BCUT2D eigenvalue weighted by Crippen LogP contribution is 2.29. The Morgan fingerprint density at radius 1 is 1.47 bits per heavy atom. The van der Waals surface area contributed by atoms with Crippen molar-refractivity contribution < 1.29 is 14.2 Å². The van der Waals surface area contributed by atoms with Crippen molar-refractivity contribution >= 4 is 0 Å². The van der Waals surface area contributed by atoms with Crippen LogP contribution in [0.15, 0.2) is 18.2 Å². The Hall–Kier alpha value is -1.09. The van der Waals surface area contributed by atoms with E-state index in [1.165, 1.54) is 13.2 Å². The van der Waals surface area contributed by atoms with E-state index in [-0.39, 0.29) is 0 Å². The summed E-state index contributed by atoms with van der Waals surface area (Å²) in [5.74, 6) is 0.0383. The van der Waals surface area contributed by atoms with Crippen LogP contribution in [-0.2, 0) is 5.60 Å². The van der Waals surface area contributed by atoms with Gasteiger partial charge in [0.25, 0.3) is 0 Å². The molecule has 0 aromatic heterocycles. The third-order valence-electron chi connectivity index (χ3n) is 2.49. The second-order valence-electron chi connectivity index (χ2n) is 3.87. The first kappa shape index (κ1) is 12.0. The summed E-state index contributed by atoms with van der Waals surface area (Å²) < 4.78 is 18.5. The van der Waals surface area contributed by atoms with Crippen LogP contribution in [0.5, 0.6) is 5.75 Å². The SMILES string of the molecule is CCCC(C)(O)c1ccc(OC)cc1F. The van der Waals surface area contributed by atoms with Gasteiger partial charge in [-0.2, -0.15) is 0 Å². The molecule has 1 rings (SSSR count). The van der Waals surface area contributed by atoms with Crippen LogP contribution in [0.2, 0.25) is 0 Å². The van der Waals surface area contributed by atoms with Crippen molar-refractivity contribution in [2.45, 2.75) is 32.3 Å². The lowest BCUT2D eigenvalue weighted by Crippen LogP contribution is -2.22. The summed E-state index contributed by atoms with van der Waals surface area (Å²) in [7, 11) is 1.48. The Balaban J connectivity index is 3.04. The Bertz CT molecular complexity index is 334. The van der Waals surface area contributed by atoms with E-state index in [1.807, 2.05) is 6.92 Å². The number of benzene rings is 1. The number of aliphatic hydroxyl groups is 1. The molecule has 1 unspecified atom stereocenters. The van der Waals surface area contributed by atoms with Gasteiger partial charge in [0.2, 0.25) is 0 Å². The summed E-state index contributed by atoms with van der Waals surface area (Å²) in [6.07, 6.45) is 1.34. The Morgan fingerprint density at radius 2 is 2.13 bits per heavy atom. The molecule has 15 heavy (non-hydrogen) atoms. The van der Waals surface area contributed by atoms with Gasteiger partial charge in [-0.3, -0.25) is 0 Å². The predicted molar refractivity (Wildman–Crippen MR) is 57.4 cm³/mol. The Labute approximate surface area is 89.7 Å². The molecule has 0 bridgehead atoms. The number of halogens is 1. The molecule has 0 aliphatic heterocycles. The molecule has 0 aliphatic rings. The normalized spacial score (nSPS) is 14.7. The lowest BCUT2D eigenvalue weighted by Gasteiger charge is -2.23. The van der Waals surface area contributed by atoms with E-state index < -0.39 is 11.4 Å². The molecule has 0 saturated carbocycles. The standard InChI is InChI=1S/C12H17FO2/c1-4-7-12(2,14)10-6-5-9(15-3)8-11(10)13/h5-6,8,14H,4,7H2,1-3H3. The van der Waals surface area contributed by atoms with Crippen molar-refractivity contribution in [2.24, 2.45) is 0 Å². The molecular formula is C12H17FO2. The molecule has 0 radical (unpaired) electrons. The summed E-state index contributed by atoms with van der Waals surface area (Å²) in [5.41, 5.74) is -0.782. The monoisotopic (exact) mass is 212 g/mol. The average Bonchev–Trinajstić information content (AvgIpc) is 2.17. The van der Waals surface area contributed by atoms with E-state index in [9.17, 15) is 9.50 Å². The molecule has 2 nitrogen and oxygen atoms in total. The summed E-state index contributed by atoms with van der Waals surface area (Å²) >= 11 is 0. The van der Waals surface area contributed by atoms with E-state index in [2.05, 4.69) is 0 Å². The maximum atomic E-state index is 13.6. The third kappa shape index (κ3) is 2.69. The van der Waals surface area contributed by atoms with Gasteiger partial charge in [-0.1, -0.05) is 13.3 Å². The maximum Gasteiger partial charge on any atom is 0.132 e. The predicted octanol–water partition coefficient (Wildman–Crippen LogP) is 2.84. The molecule has 84 valence electrons. The topological polar surface area (TPSA) is 29.5 Å². The van der Waals surface area contributed by atoms with E-state index in [0.29, 0.717) is 17.7 Å². The van der Waals surface area contributed by atoms with Gasteiger partial charge in [0.05, 0.1) is 12.7 Å². The van der Waals surface area contributed by atoms with E-state index in [1.54, 1.807) is 19.1 Å². The van der Waals surface area contributed by atoms with Gasteiger partial charge in [0, 0.05) is 11.6 Å². The smallest absolute Gasteiger partial charge is 0.132 e. The zero-order chi connectivity index (χ0) is 11.5. The summed E-state index contributed by atoms with van der Waals surface area (Å²) in [6.45, 7) is 3.58. The molecule has 0 spiro atoms. The highest BCUT2D eigenvalue weighted by Gasteiger charge is 2.25. The summed E-state index contributed by atoms with van der Waals surface area (Å²) in [6, 6.07) is 4.52. The molecule has 1 atom stereocenters. The molecule has 0 heterocycles. The molecule has 1 N–H and O–H groups in total. The molecular weight excluding hydrogens is 195 g/mol. The van der Waals surface area contributed by atoms with Gasteiger partial charge < -0.3 is 9.84 Å². The van der Waals surface area contributed by atoms with Gasteiger partial charge in [0.1, 0.15) is 11.6 Å². The van der Waals surface area contributed by atoms with E-state index in [4.69, 9.17) is 4.74 Å². The first-order chi connectivity index (χ1) is 7.01. The summed E-state index contributed by atoms with van der Waals surface area (Å²) in [4.78, 5) is 0. The first-order valence-corrected chi connectivity index (χ1v) is 5.07. The van der Waals surface area contributed by atoms with Crippen molar-refractivity contribution in [3.8, 4) is 5.75 Å². The average molecular weight is 212 g/mol. The largest absolute Gasteiger partial charge is 0.497 e. The molecule has 1 aromatic carbocycles. The zero-order valence-corrected chi connectivity index (χ0v) is 9.38. The quantitative estimate of drug-likeness (QED) is 0.831. The number of hydrogen-bond acceptors (Lipinski definition) is 2. The van der Waals surface area contributed by atoms with Crippen LogP contribution in [0.1, 0.15) is 32.3 Å². The van der Waals surface area contributed by atoms with Crippen molar-refractivity contribution in [1.29, 1.82) is 0 Å². The van der Waals surface area contributed by atoms with Crippen molar-refractivity contribution in [3.05, 3.63) is 29.6 Å². The van der Waals surface area contributed by atoms with Crippen LogP contribution in [0.3, 0.4) is 0 Å². The second kappa shape index (κ2) is 4.62. The van der Waals surface area contributed by atoms with Crippen molar-refractivity contribution in [1.82, 2.24) is 0 Å². The Kier molecular flexibility index (Phi) is 3.69. The molecule has 1 aromatic rings. The number of methoxy groups -OCH3 is 1. The highest BCUT2D eigenvalue weighted by molar-refractivity contribution is 5.32. The molecule has 3 heteroatoms. The molecule has 0 fully saturated rings. The van der Waals surface area contributed by atoms with Gasteiger partial charge in [-0.25, -0.2) is 4.39 Å². The van der Waals surface area contributed by atoms with Crippen molar-refractivity contribution in [2.75, 3.05) is 7.11 Å². The minimum absolute atomic E-state index is 0.324. The minimum Gasteiger partial charge on any atom is -0.497 e. The third-order valence-corrected chi connectivity index (χ3v) is 2.49. The number of rotatable bonds is 4. The molecule has 0 saturated heterocycles. The van der Waals surface area contributed by atoms with Crippen LogP contribution in [-0.4, -0.2) is 12.2 Å². The van der Waals surface area contributed by atoms with Gasteiger partial charge in [-0.05, 0) is 25.5 Å². The van der Waals surface area contributed by atoms with E-state index in [0.717, 1.165) is 6.42 Å². The second-order valence-corrected chi connectivity index (χ2v) is 3.87. The van der Waals surface area contributed by atoms with Crippen LogP contribution < -0.4 is 4.74 Å². The first-order valence-electron chi connectivity index (χ1n) is 5.07.